The standard InChI is InChI=1S/C27H29FN2O6S/c1-2-34-24-11-4-3-7-20(24)8-6-14-29-27(31)19-30(22-10-5-9-21(28)17-22)37(32,33)23-12-13-25-26(18-23)36-16-15-35-25/h3-5,7,9-13,17-18H,2,6,8,14-16,19H2,1H3,(H,29,31). The van der Waals surface area contributed by atoms with Crippen LogP contribution in [0.25, 0.3) is 0 Å². The SMILES string of the molecule is CCOc1ccccc1CCCNC(=O)CN(c1cccc(F)c1)S(=O)(=O)c1ccc2c(c1)OCCO2. The Kier molecular flexibility index (Phi) is 8.50. The van der Waals surface area contributed by atoms with Crippen molar-refractivity contribution in [3.8, 4) is 17.2 Å². The minimum absolute atomic E-state index is 0.0377. The molecule has 1 amide bonds. The molecule has 0 atom stereocenters. The molecule has 0 unspecified atom stereocenters. The topological polar surface area (TPSA) is 94.2 Å². The number of aryl methyl sites for hydroxylation is 1. The Hall–Kier alpha value is -3.79. The lowest BCUT2D eigenvalue weighted by molar-refractivity contribution is -0.119. The third-order valence-electron chi connectivity index (χ3n) is 5.70. The van der Waals surface area contributed by atoms with Crippen LogP contribution < -0.4 is 23.8 Å². The summed E-state index contributed by atoms with van der Waals surface area (Å²) in [6.07, 6.45) is 1.31. The Balaban J connectivity index is 1.47. The Labute approximate surface area is 216 Å². The van der Waals surface area contributed by atoms with Crippen molar-refractivity contribution in [3.63, 3.8) is 0 Å². The minimum atomic E-state index is -4.23. The first-order valence-electron chi connectivity index (χ1n) is 12.0. The van der Waals surface area contributed by atoms with E-state index in [4.69, 9.17) is 14.2 Å². The van der Waals surface area contributed by atoms with Crippen LogP contribution in [-0.4, -0.2) is 47.2 Å². The van der Waals surface area contributed by atoms with Crippen LogP contribution in [0.2, 0.25) is 0 Å². The van der Waals surface area contributed by atoms with E-state index in [1.807, 2.05) is 31.2 Å². The van der Waals surface area contributed by atoms with Gasteiger partial charge in [-0.05, 0) is 61.7 Å². The summed E-state index contributed by atoms with van der Waals surface area (Å²) in [4.78, 5) is 12.7. The minimum Gasteiger partial charge on any atom is -0.494 e. The summed E-state index contributed by atoms with van der Waals surface area (Å²) < 4.78 is 58.7. The normalized spacial score (nSPS) is 12.6. The Morgan fingerprint density at radius 2 is 1.81 bits per heavy atom. The predicted octanol–water partition coefficient (Wildman–Crippen LogP) is 3.94. The highest BCUT2D eigenvalue weighted by Gasteiger charge is 2.29. The first kappa shape index (κ1) is 26.3. The van der Waals surface area contributed by atoms with E-state index in [0.29, 0.717) is 50.7 Å². The second kappa shape index (κ2) is 12.0. The molecule has 0 fully saturated rings. The van der Waals surface area contributed by atoms with Crippen LogP contribution in [0.1, 0.15) is 18.9 Å². The molecule has 0 saturated heterocycles. The van der Waals surface area contributed by atoms with Crippen LogP contribution in [0.4, 0.5) is 10.1 Å². The maximum atomic E-state index is 14.0. The van der Waals surface area contributed by atoms with E-state index in [1.54, 1.807) is 0 Å². The van der Waals surface area contributed by atoms with Crippen molar-refractivity contribution in [1.29, 1.82) is 0 Å². The maximum Gasteiger partial charge on any atom is 0.264 e. The Morgan fingerprint density at radius 1 is 1.03 bits per heavy atom. The second-order valence-corrected chi connectivity index (χ2v) is 10.2. The summed E-state index contributed by atoms with van der Waals surface area (Å²) in [5.74, 6) is 0.408. The Morgan fingerprint density at radius 3 is 2.59 bits per heavy atom. The molecular formula is C27H29FN2O6S. The summed E-state index contributed by atoms with van der Waals surface area (Å²) in [6.45, 7) is 2.95. The zero-order chi connectivity index (χ0) is 26.3. The van der Waals surface area contributed by atoms with Gasteiger partial charge in [-0.3, -0.25) is 9.10 Å². The molecule has 37 heavy (non-hydrogen) atoms. The van der Waals surface area contributed by atoms with Crippen LogP contribution in [0, 0.1) is 5.82 Å². The lowest BCUT2D eigenvalue weighted by Crippen LogP contribution is -2.41. The number of rotatable bonds is 11. The highest BCUT2D eigenvalue weighted by Crippen LogP contribution is 2.34. The first-order chi connectivity index (χ1) is 17.9. The quantitative estimate of drug-likeness (QED) is 0.379. The number of fused-ring (bicyclic) bond motifs is 1. The van der Waals surface area contributed by atoms with Crippen molar-refractivity contribution >= 4 is 21.6 Å². The van der Waals surface area contributed by atoms with E-state index in [1.165, 1.54) is 36.4 Å². The molecule has 8 nitrogen and oxygen atoms in total. The van der Waals surface area contributed by atoms with Gasteiger partial charge in [-0.2, -0.15) is 0 Å². The number of amides is 1. The average molecular weight is 529 g/mol. The molecule has 3 aromatic rings. The van der Waals surface area contributed by atoms with Crippen LogP contribution >= 0.6 is 0 Å². The second-order valence-electron chi connectivity index (χ2n) is 8.29. The molecule has 0 spiro atoms. The lowest BCUT2D eigenvalue weighted by Gasteiger charge is -2.25. The number of carbonyl (C=O) groups is 1. The molecule has 0 aliphatic carbocycles. The van der Waals surface area contributed by atoms with E-state index < -0.39 is 28.3 Å². The van der Waals surface area contributed by atoms with Gasteiger partial charge in [0.15, 0.2) is 11.5 Å². The molecule has 3 aromatic carbocycles. The van der Waals surface area contributed by atoms with E-state index in [-0.39, 0.29) is 10.6 Å². The van der Waals surface area contributed by atoms with Gasteiger partial charge in [0, 0.05) is 12.6 Å². The lowest BCUT2D eigenvalue weighted by atomic mass is 10.1. The molecule has 0 aromatic heterocycles. The zero-order valence-electron chi connectivity index (χ0n) is 20.5. The van der Waals surface area contributed by atoms with Crippen molar-refractivity contribution in [2.45, 2.75) is 24.7 Å². The van der Waals surface area contributed by atoms with Crippen LogP contribution in [-0.2, 0) is 21.2 Å². The molecule has 1 aliphatic heterocycles. The smallest absolute Gasteiger partial charge is 0.264 e. The highest BCUT2D eigenvalue weighted by molar-refractivity contribution is 7.92. The largest absolute Gasteiger partial charge is 0.494 e. The number of nitrogens with zero attached hydrogens (tertiary/aromatic N) is 1. The van der Waals surface area contributed by atoms with Gasteiger partial charge in [0.2, 0.25) is 5.91 Å². The number of ether oxygens (including phenoxy) is 3. The van der Waals surface area contributed by atoms with Crippen molar-refractivity contribution in [3.05, 3.63) is 78.1 Å². The summed E-state index contributed by atoms with van der Waals surface area (Å²) in [5, 5.41) is 2.77. The zero-order valence-corrected chi connectivity index (χ0v) is 21.3. The average Bonchev–Trinajstić information content (AvgIpc) is 2.90. The van der Waals surface area contributed by atoms with Gasteiger partial charge in [-0.1, -0.05) is 24.3 Å². The summed E-state index contributed by atoms with van der Waals surface area (Å²) in [7, 11) is -4.23. The van der Waals surface area contributed by atoms with Crippen LogP contribution in [0.5, 0.6) is 17.2 Å². The van der Waals surface area contributed by atoms with Gasteiger partial charge in [-0.25, -0.2) is 12.8 Å². The molecule has 0 bridgehead atoms. The molecular weight excluding hydrogens is 499 g/mol. The van der Waals surface area contributed by atoms with E-state index in [9.17, 15) is 17.6 Å². The van der Waals surface area contributed by atoms with Crippen molar-refractivity contribution in [2.24, 2.45) is 0 Å². The molecule has 1 heterocycles. The maximum absolute atomic E-state index is 14.0. The number of para-hydroxylation sites is 1. The number of benzene rings is 3. The van der Waals surface area contributed by atoms with Gasteiger partial charge >= 0.3 is 0 Å². The summed E-state index contributed by atoms with van der Waals surface area (Å²) >= 11 is 0. The number of anilines is 1. The molecule has 0 saturated carbocycles. The molecule has 4 rings (SSSR count). The number of hydrogen-bond acceptors (Lipinski definition) is 6. The fourth-order valence-electron chi connectivity index (χ4n) is 3.96. The fraction of sp³-hybridized carbons (Fsp3) is 0.296. The third kappa shape index (κ3) is 6.51. The third-order valence-corrected chi connectivity index (χ3v) is 7.47. The number of halogens is 1. The van der Waals surface area contributed by atoms with Gasteiger partial charge < -0.3 is 19.5 Å². The van der Waals surface area contributed by atoms with Gasteiger partial charge in [0.1, 0.15) is 31.3 Å². The van der Waals surface area contributed by atoms with Gasteiger partial charge in [0.05, 0.1) is 17.2 Å². The van der Waals surface area contributed by atoms with Crippen molar-refractivity contribution in [1.82, 2.24) is 5.32 Å². The van der Waals surface area contributed by atoms with Crippen molar-refractivity contribution in [2.75, 3.05) is 37.2 Å². The number of nitrogens with one attached hydrogen (secondary N) is 1. The van der Waals surface area contributed by atoms with E-state index in [0.717, 1.165) is 21.7 Å². The number of hydrogen-bond donors (Lipinski definition) is 1. The highest BCUT2D eigenvalue weighted by atomic mass is 32.2. The Bertz CT molecular complexity index is 1350. The molecule has 196 valence electrons. The summed E-state index contributed by atoms with van der Waals surface area (Å²) in [6, 6.07) is 17.1. The molecule has 1 aliphatic rings. The predicted molar refractivity (Wildman–Crippen MR) is 137 cm³/mol. The fourth-order valence-corrected chi connectivity index (χ4v) is 5.39. The van der Waals surface area contributed by atoms with E-state index in [2.05, 4.69) is 5.32 Å². The van der Waals surface area contributed by atoms with Gasteiger partial charge in [-0.15, -0.1) is 0 Å². The van der Waals surface area contributed by atoms with E-state index >= 15 is 0 Å². The molecule has 10 heteroatoms. The molecule has 0 radical (unpaired) electrons. The van der Waals surface area contributed by atoms with Crippen LogP contribution in [0.15, 0.2) is 71.6 Å². The van der Waals surface area contributed by atoms with Crippen molar-refractivity contribution < 1.29 is 31.8 Å². The summed E-state index contributed by atoms with van der Waals surface area (Å²) in [5.41, 5.74) is 1.07. The van der Waals surface area contributed by atoms with Gasteiger partial charge in [0.25, 0.3) is 10.0 Å². The number of sulfonamides is 1. The molecule has 1 N–H and O–H groups in total. The van der Waals surface area contributed by atoms with Crippen LogP contribution in [0.3, 0.4) is 0 Å². The monoisotopic (exact) mass is 528 g/mol. The first-order valence-corrected chi connectivity index (χ1v) is 13.5. The number of carbonyl (C=O) groups excluding carboxylic acids is 1.